The van der Waals surface area contributed by atoms with Crippen molar-refractivity contribution >= 4 is 28.8 Å². The molecule has 1 heterocycles. The molecule has 1 aliphatic heterocycles. The van der Waals surface area contributed by atoms with Gasteiger partial charge in [-0.05, 0) is 79.8 Å². The molecule has 0 unspecified atom stereocenters. The molecule has 0 spiro atoms. The molecular formula is C26H22F2N2O2. The summed E-state index contributed by atoms with van der Waals surface area (Å²) in [6.07, 6.45) is 0. The van der Waals surface area contributed by atoms with Crippen LogP contribution in [0.5, 0.6) is 0 Å². The summed E-state index contributed by atoms with van der Waals surface area (Å²) < 4.78 is 27.3. The molecule has 4 rings (SSSR count). The standard InChI is InChI=1S/C26H22F2N2O2/c1-14-5-7-18(11-16(14)3)23-24(29-19-8-6-15(2)17(4)12-19)26(32)30(25(23)31)20-9-10-21(27)22(28)13-20/h5-13,29H,1-4H3. The first-order valence-corrected chi connectivity index (χ1v) is 10.2. The Morgan fingerprint density at radius 3 is 1.97 bits per heavy atom. The second-order valence-corrected chi connectivity index (χ2v) is 8.02. The molecule has 0 aliphatic carbocycles. The van der Waals surface area contributed by atoms with Crippen LogP contribution < -0.4 is 10.2 Å². The van der Waals surface area contributed by atoms with Crippen molar-refractivity contribution in [3.63, 3.8) is 0 Å². The van der Waals surface area contributed by atoms with Crippen molar-refractivity contribution in [1.29, 1.82) is 0 Å². The number of carbonyl (C=O) groups excluding carboxylic acids is 2. The largest absolute Gasteiger partial charge is 0.350 e. The predicted molar refractivity (Wildman–Crippen MR) is 121 cm³/mol. The lowest BCUT2D eigenvalue weighted by molar-refractivity contribution is -0.120. The molecule has 0 saturated carbocycles. The second kappa shape index (κ2) is 8.04. The number of anilines is 2. The lowest BCUT2D eigenvalue weighted by Gasteiger charge is -2.16. The zero-order chi connectivity index (χ0) is 23.2. The Balaban J connectivity index is 1.85. The molecule has 6 heteroatoms. The van der Waals surface area contributed by atoms with Crippen LogP contribution in [-0.4, -0.2) is 11.8 Å². The van der Waals surface area contributed by atoms with E-state index in [1.54, 1.807) is 6.07 Å². The Morgan fingerprint density at radius 2 is 1.34 bits per heavy atom. The highest BCUT2D eigenvalue weighted by molar-refractivity contribution is 6.46. The van der Waals surface area contributed by atoms with E-state index in [0.29, 0.717) is 11.3 Å². The van der Waals surface area contributed by atoms with Crippen LogP contribution in [0.3, 0.4) is 0 Å². The van der Waals surface area contributed by atoms with E-state index in [2.05, 4.69) is 5.32 Å². The molecule has 0 fully saturated rings. The fourth-order valence-corrected chi connectivity index (χ4v) is 3.63. The molecule has 1 N–H and O–H groups in total. The third kappa shape index (κ3) is 3.68. The second-order valence-electron chi connectivity index (χ2n) is 8.02. The van der Waals surface area contributed by atoms with Gasteiger partial charge in [-0.1, -0.05) is 24.3 Å². The smallest absolute Gasteiger partial charge is 0.282 e. The Labute approximate surface area is 185 Å². The first-order valence-electron chi connectivity index (χ1n) is 10.2. The molecule has 0 radical (unpaired) electrons. The van der Waals surface area contributed by atoms with Gasteiger partial charge in [0, 0.05) is 11.8 Å². The predicted octanol–water partition coefficient (Wildman–Crippen LogP) is 5.60. The molecular weight excluding hydrogens is 410 g/mol. The number of benzene rings is 3. The molecule has 0 atom stereocenters. The zero-order valence-electron chi connectivity index (χ0n) is 18.2. The molecule has 1 aliphatic rings. The maximum atomic E-state index is 13.9. The van der Waals surface area contributed by atoms with Gasteiger partial charge in [0.05, 0.1) is 11.3 Å². The van der Waals surface area contributed by atoms with Crippen molar-refractivity contribution in [3.8, 4) is 0 Å². The number of rotatable bonds is 4. The van der Waals surface area contributed by atoms with Gasteiger partial charge < -0.3 is 5.32 Å². The highest BCUT2D eigenvalue weighted by atomic mass is 19.2. The Kier molecular flexibility index (Phi) is 5.38. The number of nitrogens with zero attached hydrogens (tertiary/aromatic N) is 1. The van der Waals surface area contributed by atoms with Gasteiger partial charge >= 0.3 is 0 Å². The summed E-state index contributed by atoms with van der Waals surface area (Å²) in [5.41, 5.74) is 5.60. The van der Waals surface area contributed by atoms with Crippen LogP contribution in [0.2, 0.25) is 0 Å². The van der Waals surface area contributed by atoms with E-state index >= 15 is 0 Å². The minimum absolute atomic E-state index is 0.0304. The van der Waals surface area contributed by atoms with Gasteiger partial charge in [0.1, 0.15) is 5.70 Å². The molecule has 162 valence electrons. The normalized spacial score (nSPS) is 13.9. The monoisotopic (exact) mass is 432 g/mol. The molecule has 32 heavy (non-hydrogen) atoms. The van der Waals surface area contributed by atoms with Gasteiger partial charge in [-0.2, -0.15) is 0 Å². The quantitative estimate of drug-likeness (QED) is 0.547. The number of hydrogen-bond donors (Lipinski definition) is 1. The van der Waals surface area contributed by atoms with Crippen LogP contribution in [-0.2, 0) is 9.59 Å². The third-order valence-corrected chi connectivity index (χ3v) is 5.82. The lowest BCUT2D eigenvalue weighted by Crippen LogP contribution is -2.32. The highest BCUT2D eigenvalue weighted by Gasteiger charge is 2.40. The summed E-state index contributed by atoms with van der Waals surface area (Å²) in [5.74, 6) is -3.42. The Morgan fingerprint density at radius 1 is 0.688 bits per heavy atom. The van der Waals surface area contributed by atoms with Crippen molar-refractivity contribution < 1.29 is 18.4 Å². The van der Waals surface area contributed by atoms with E-state index in [4.69, 9.17) is 0 Å². The average molecular weight is 432 g/mol. The lowest BCUT2D eigenvalue weighted by atomic mass is 9.99. The molecule has 4 nitrogen and oxygen atoms in total. The summed E-state index contributed by atoms with van der Waals surface area (Å²) in [5, 5.41) is 3.10. The molecule has 3 aromatic rings. The Hall–Kier alpha value is -3.80. The zero-order valence-corrected chi connectivity index (χ0v) is 18.2. The molecule has 2 amide bonds. The maximum absolute atomic E-state index is 13.9. The molecule has 0 bridgehead atoms. The van der Waals surface area contributed by atoms with Crippen LogP contribution in [0.15, 0.2) is 60.3 Å². The van der Waals surface area contributed by atoms with E-state index in [-0.39, 0.29) is 17.0 Å². The van der Waals surface area contributed by atoms with E-state index in [0.717, 1.165) is 39.3 Å². The van der Waals surface area contributed by atoms with Crippen molar-refractivity contribution in [3.05, 3.63) is 99.7 Å². The minimum Gasteiger partial charge on any atom is -0.350 e. The number of carbonyl (C=O) groups is 2. The Bertz CT molecular complexity index is 1310. The third-order valence-electron chi connectivity index (χ3n) is 5.82. The van der Waals surface area contributed by atoms with E-state index < -0.39 is 23.4 Å². The van der Waals surface area contributed by atoms with Crippen LogP contribution in [0.4, 0.5) is 20.2 Å². The van der Waals surface area contributed by atoms with Gasteiger partial charge in [0.25, 0.3) is 11.8 Å². The number of nitrogens with one attached hydrogen (secondary N) is 1. The SMILES string of the molecule is Cc1ccc(NC2=C(c3ccc(C)c(C)c3)C(=O)N(c3ccc(F)c(F)c3)C2=O)cc1C. The van der Waals surface area contributed by atoms with Crippen molar-refractivity contribution in [2.24, 2.45) is 0 Å². The van der Waals surface area contributed by atoms with Crippen LogP contribution >= 0.6 is 0 Å². The van der Waals surface area contributed by atoms with Gasteiger partial charge in [-0.25, -0.2) is 13.7 Å². The van der Waals surface area contributed by atoms with Crippen molar-refractivity contribution in [2.45, 2.75) is 27.7 Å². The fourth-order valence-electron chi connectivity index (χ4n) is 3.63. The summed E-state index contributed by atoms with van der Waals surface area (Å²) in [4.78, 5) is 27.7. The average Bonchev–Trinajstić information content (AvgIpc) is 2.99. The van der Waals surface area contributed by atoms with E-state index in [9.17, 15) is 18.4 Å². The van der Waals surface area contributed by atoms with Crippen molar-refractivity contribution in [2.75, 3.05) is 10.2 Å². The van der Waals surface area contributed by atoms with Crippen molar-refractivity contribution in [1.82, 2.24) is 0 Å². The van der Waals surface area contributed by atoms with Gasteiger partial charge in [-0.15, -0.1) is 0 Å². The topological polar surface area (TPSA) is 49.4 Å². The first-order chi connectivity index (χ1) is 15.2. The number of hydrogen-bond acceptors (Lipinski definition) is 3. The van der Waals surface area contributed by atoms with Gasteiger partial charge in [0.2, 0.25) is 0 Å². The van der Waals surface area contributed by atoms with Crippen LogP contribution in [0.1, 0.15) is 27.8 Å². The number of aryl methyl sites for hydroxylation is 4. The van der Waals surface area contributed by atoms with E-state index in [1.165, 1.54) is 6.07 Å². The molecule has 0 aromatic heterocycles. The summed E-state index contributed by atoms with van der Waals surface area (Å²) in [6.45, 7) is 7.81. The summed E-state index contributed by atoms with van der Waals surface area (Å²) >= 11 is 0. The van der Waals surface area contributed by atoms with Crippen LogP contribution in [0, 0.1) is 39.3 Å². The maximum Gasteiger partial charge on any atom is 0.282 e. The highest BCUT2D eigenvalue weighted by Crippen LogP contribution is 2.35. The molecule has 3 aromatic carbocycles. The fraction of sp³-hybridized carbons (Fsp3) is 0.154. The van der Waals surface area contributed by atoms with Gasteiger partial charge in [0.15, 0.2) is 11.6 Å². The number of amides is 2. The first kappa shape index (κ1) is 21.4. The number of halogens is 2. The van der Waals surface area contributed by atoms with Gasteiger partial charge in [-0.3, -0.25) is 9.59 Å². The summed E-state index contributed by atoms with van der Waals surface area (Å²) in [6, 6.07) is 14.1. The number of imide groups is 1. The van der Waals surface area contributed by atoms with E-state index in [1.807, 2.05) is 58.0 Å². The van der Waals surface area contributed by atoms with Crippen LogP contribution in [0.25, 0.3) is 5.57 Å². The minimum atomic E-state index is -1.13. The molecule has 0 saturated heterocycles. The summed E-state index contributed by atoms with van der Waals surface area (Å²) in [7, 11) is 0.